The number of H-pyrrole nitrogens is 1. The Hall–Kier alpha value is -3.12. The standard InChI is InChI=1S/C24H25ClFN5O3/c25-16-9-18-13(7-17(16)26)8-20(29-18)23(34)30-19(5-12-1-2-12)22(33)28-15(11-27)6-14-10-24(3-4-24)31-21(14)32/h7-9,12,14-15,19,29H,1-6,10H2,(H,28,33)(H,30,34)(H,31,32). The van der Waals surface area contributed by atoms with Crippen LogP contribution in [0.4, 0.5) is 4.39 Å². The Labute approximate surface area is 200 Å². The molecule has 2 aromatic rings. The third-order valence-electron chi connectivity index (χ3n) is 7.04. The first kappa shape index (κ1) is 22.7. The Balaban J connectivity index is 1.25. The number of amides is 3. The zero-order chi connectivity index (χ0) is 24.0. The first-order chi connectivity index (χ1) is 16.2. The van der Waals surface area contributed by atoms with Gasteiger partial charge in [-0.05, 0) is 56.2 Å². The van der Waals surface area contributed by atoms with E-state index in [2.05, 4.69) is 27.0 Å². The van der Waals surface area contributed by atoms with Gasteiger partial charge in [0.05, 0.1) is 11.1 Å². The van der Waals surface area contributed by atoms with E-state index in [0.29, 0.717) is 29.7 Å². The van der Waals surface area contributed by atoms with Crippen molar-refractivity contribution >= 4 is 40.2 Å². The van der Waals surface area contributed by atoms with Crippen molar-refractivity contribution in [3.05, 3.63) is 34.7 Å². The highest BCUT2D eigenvalue weighted by atomic mass is 35.5. The summed E-state index contributed by atoms with van der Waals surface area (Å²) in [6.45, 7) is 0. The van der Waals surface area contributed by atoms with Gasteiger partial charge in [-0.3, -0.25) is 14.4 Å². The van der Waals surface area contributed by atoms with Crippen LogP contribution in [0.1, 0.15) is 55.4 Å². The topological polar surface area (TPSA) is 127 Å². The summed E-state index contributed by atoms with van der Waals surface area (Å²) in [6, 6.07) is 4.58. The molecule has 178 valence electrons. The van der Waals surface area contributed by atoms with E-state index >= 15 is 0 Å². The molecule has 0 radical (unpaired) electrons. The fourth-order valence-corrected chi connectivity index (χ4v) is 4.92. The number of halogens is 2. The minimum Gasteiger partial charge on any atom is -0.350 e. The van der Waals surface area contributed by atoms with Crippen LogP contribution in [0.25, 0.3) is 10.9 Å². The van der Waals surface area contributed by atoms with Gasteiger partial charge < -0.3 is 20.9 Å². The molecule has 2 heterocycles. The fourth-order valence-electron chi connectivity index (χ4n) is 4.75. The normalized spacial score (nSPS) is 22.1. The SMILES string of the molecule is N#CC(CC1CC2(CC2)NC1=O)NC(=O)C(CC1CC1)NC(=O)c1cc2cc(F)c(Cl)cc2[nH]1. The number of nitriles is 1. The second-order valence-corrected chi connectivity index (χ2v) is 10.2. The van der Waals surface area contributed by atoms with E-state index in [0.717, 1.165) is 25.7 Å². The van der Waals surface area contributed by atoms with Gasteiger partial charge in [0.1, 0.15) is 23.6 Å². The number of aromatic amines is 1. The first-order valence-corrected chi connectivity index (χ1v) is 11.9. The van der Waals surface area contributed by atoms with Gasteiger partial charge in [0.15, 0.2) is 0 Å². The minimum atomic E-state index is -0.825. The molecule has 10 heteroatoms. The number of nitrogens with one attached hydrogen (secondary N) is 4. The Kier molecular flexibility index (Phi) is 5.72. The van der Waals surface area contributed by atoms with Gasteiger partial charge in [-0.2, -0.15) is 5.26 Å². The number of nitrogens with zero attached hydrogens (tertiary/aromatic N) is 1. The second kappa shape index (κ2) is 8.58. The lowest BCUT2D eigenvalue weighted by Crippen LogP contribution is -2.50. The Morgan fingerprint density at radius 2 is 2.00 bits per heavy atom. The zero-order valence-corrected chi connectivity index (χ0v) is 19.2. The van der Waals surface area contributed by atoms with E-state index in [1.54, 1.807) is 0 Å². The maximum Gasteiger partial charge on any atom is 0.268 e. The average Bonchev–Trinajstić information content (AvgIpc) is 3.69. The van der Waals surface area contributed by atoms with Crippen LogP contribution in [0, 0.1) is 29.0 Å². The molecule has 1 aromatic heterocycles. The number of hydrogen-bond donors (Lipinski definition) is 4. The highest BCUT2D eigenvalue weighted by molar-refractivity contribution is 6.31. The molecule has 4 N–H and O–H groups in total. The lowest BCUT2D eigenvalue weighted by atomic mass is 9.95. The molecule has 5 rings (SSSR count). The van der Waals surface area contributed by atoms with Gasteiger partial charge in [-0.15, -0.1) is 0 Å². The molecule has 3 fully saturated rings. The summed E-state index contributed by atoms with van der Waals surface area (Å²) in [6.07, 6.45) is 5.28. The van der Waals surface area contributed by atoms with Gasteiger partial charge in [-0.1, -0.05) is 24.4 Å². The molecular formula is C24H25ClFN5O3. The number of fused-ring (bicyclic) bond motifs is 1. The predicted molar refractivity (Wildman–Crippen MR) is 122 cm³/mol. The van der Waals surface area contributed by atoms with E-state index < -0.39 is 29.7 Å². The molecule has 1 saturated heterocycles. The zero-order valence-electron chi connectivity index (χ0n) is 18.4. The van der Waals surface area contributed by atoms with Crippen LogP contribution < -0.4 is 16.0 Å². The fraction of sp³-hybridized carbons (Fsp3) is 0.500. The van der Waals surface area contributed by atoms with Crippen molar-refractivity contribution in [3.63, 3.8) is 0 Å². The third kappa shape index (κ3) is 4.73. The van der Waals surface area contributed by atoms with E-state index in [4.69, 9.17) is 11.6 Å². The van der Waals surface area contributed by atoms with Crippen LogP contribution in [0.2, 0.25) is 5.02 Å². The van der Waals surface area contributed by atoms with Gasteiger partial charge in [0.2, 0.25) is 11.8 Å². The maximum absolute atomic E-state index is 13.7. The van der Waals surface area contributed by atoms with Crippen molar-refractivity contribution < 1.29 is 18.8 Å². The summed E-state index contributed by atoms with van der Waals surface area (Å²) in [5.41, 5.74) is 0.591. The van der Waals surface area contributed by atoms with Crippen LogP contribution in [0.15, 0.2) is 18.2 Å². The van der Waals surface area contributed by atoms with E-state index in [1.165, 1.54) is 18.2 Å². The first-order valence-electron chi connectivity index (χ1n) is 11.6. The largest absolute Gasteiger partial charge is 0.350 e. The quantitative estimate of drug-likeness (QED) is 0.458. The number of benzene rings is 1. The summed E-state index contributed by atoms with van der Waals surface area (Å²) in [5.74, 6) is -1.57. The van der Waals surface area contributed by atoms with E-state index in [9.17, 15) is 24.0 Å². The molecule has 34 heavy (non-hydrogen) atoms. The molecule has 1 aliphatic heterocycles. The summed E-state index contributed by atoms with van der Waals surface area (Å²) < 4.78 is 13.7. The Morgan fingerprint density at radius 1 is 1.24 bits per heavy atom. The number of aromatic nitrogens is 1. The monoisotopic (exact) mass is 485 g/mol. The van der Waals surface area contributed by atoms with Crippen molar-refractivity contribution in [3.8, 4) is 6.07 Å². The lowest BCUT2D eigenvalue weighted by molar-refractivity contribution is -0.125. The molecule has 3 aliphatic rings. The third-order valence-corrected chi connectivity index (χ3v) is 7.33. The number of carbonyl (C=O) groups excluding carboxylic acids is 3. The van der Waals surface area contributed by atoms with E-state index in [-0.39, 0.29) is 34.5 Å². The molecular weight excluding hydrogens is 461 g/mol. The van der Waals surface area contributed by atoms with Crippen LogP contribution >= 0.6 is 11.6 Å². The predicted octanol–water partition coefficient (Wildman–Crippen LogP) is 2.93. The summed E-state index contributed by atoms with van der Waals surface area (Å²) in [7, 11) is 0. The lowest BCUT2D eigenvalue weighted by Gasteiger charge is -2.21. The van der Waals surface area contributed by atoms with Gasteiger partial charge in [-0.25, -0.2) is 4.39 Å². The number of rotatable bonds is 8. The van der Waals surface area contributed by atoms with Crippen LogP contribution in [0.3, 0.4) is 0 Å². The Bertz CT molecular complexity index is 1170. The van der Waals surface area contributed by atoms with Crippen molar-refractivity contribution in [2.45, 2.75) is 62.6 Å². The molecule has 2 saturated carbocycles. The van der Waals surface area contributed by atoms with E-state index in [1.807, 2.05) is 0 Å². The van der Waals surface area contributed by atoms with Gasteiger partial charge in [0, 0.05) is 22.4 Å². The number of carbonyl (C=O) groups is 3. The molecule has 3 amide bonds. The molecule has 1 aromatic carbocycles. The van der Waals surface area contributed by atoms with Crippen LogP contribution in [0.5, 0.6) is 0 Å². The van der Waals surface area contributed by atoms with Crippen molar-refractivity contribution in [2.24, 2.45) is 11.8 Å². The highest BCUT2D eigenvalue weighted by Gasteiger charge is 2.52. The van der Waals surface area contributed by atoms with Crippen molar-refractivity contribution in [1.82, 2.24) is 20.9 Å². The Morgan fingerprint density at radius 3 is 2.65 bits per heavy atom. The second-order valence-electron chi connectivity index (χ2n) is 9.84. The van der Waals surface area contributed by atoms with Gasteiger partial charge >= 0.3 is 0 Å². The van der Waals surface area contributed by atoms with Crippen molar-refractivity contribution in [2.75, 3.05) is 0 Å². The number of hydrogen-bond acceptors (Lipinski definition) is 4. The van der Waals surface area contributed by atoms with Crippen LogP contribution in [-0.4, -0.2) is 40.3 Å². The minimum absolute atomic E-state index is 0.0570. The summed E-state index contributed by atoms with van der Waals surface area (Å²) >= 11 is 5.82. The average molecular weight is 486 g/mol. The molecule has 3 atom stereocenters. The summed E-state index contributed by atoms with van der Waals surface area (Å²) in [5, 5.41) is 18.5. The smallest absolute Gasteiger partial charge is 0.268 e. The summed E-state index contributed by atoms with van der Waals surface area (Å²) in [4.78, 5) is 41.1. The molecule has 2 aliphatic carbocycles. The maximum atomic E-state index is 13.7. The molecule has 0 bridgehead atoms. The van der Waals surface area contributed by atoms with Gasteiger partial charge in [0.25, 0.3) is 5.91 Å². The molecule has 1 spiro atoms. The molecule has 8 nitrogen and oxygen atoms in total. The highest BCUT2D eigenvalue weighted by Crippen LogP contribution is 2.46. The molecule has 3 unspecified atom stereocenters. The van der Waals surface area contributed by atoms with Crippen LogP contribution in [-0.2, 0) is 9.59 Å². The van der Waals surface area contributed by atoms with Crippen molar-refractivity contribution in [1.29, 1.82) is 5.26 Å².